The Bertz CT molecular complexity index is 805. The first-order chi connectivity index (χ1) is 10.3. The van der Waals surface area contributed by atoms with Crippen LogP contribution in [-0.2, 0) is 19.3 Å². The predicted octanol–water partition coefficient (Wildman–Crippen LogP) is 4.14. The molecular weight excluding hydrogens is 258 g/mol. The summed E-state index contributed by atoms with van der Waals surface area (Å²) in [7, 11) is 0. The maximum atomic E-state index is 6.48. The molecule has 2 N–H and O–H groups in total. The standard InChI is InChI=1S/C19H19NO/c1-2-14-9-11-17(21-14)19(20)16-10-8-13-7-6-12-4-3-5-15(16)18(12)13/h3-5,8-11,19H,2,6-7,20H2,1H3. The lowest BCUT2D eigenvalue weighted by Crippen LogP contribution is -2.11. The van der Waals surface area contributed by atoms with E-state index < -0.39 is 0 Å². The molecule has 2 heteroatoms. The van der Waals surface area contributed by atoms with Crippen LogP contribution in [-0.4, -0.2) is 0 Å². The zero-order valence-electron chi connectivity index (χ0n) is 12.2. The topological polar surface area (TPSA) is 39.2 Å². The van der Waals surface area contributed by atoms with Gasteiger partial charge in [-0.25, -0.2) is 0 Å². The fourth-order valence-electron chi connectivity index (χ4n) is 3.45. The third-order valence-corrected chi connectivity index (χ3v) is 4.58. The Balaban J connectivity index is 1.87. The normalized spacial score (nSPS) is 14.8. The summed E-state index contributed by atoms with van der Waals surface area (Å²) < 4.78 is 5.85. The number of hydrogen-bond donors (Lipinski definition) is 1. The average Bonchev–Trinajstić information content (AvgIpc) is 3.15. The van der Waals surface area contributed by atoms with E-state index in [1.54, 1.807) is 0 Å². The zero-order valence-corrected chi connectivity index (χ0v) is 12.2. The van der Waals surface area contributed by atoms with E-state index in [1.165, 1.54) is 21.9 Å². The number of nitrogens with two attached hydrogens (primary N) is 1. The van der Waals surface area contributed by atoms with Crippen LogP contribution in [0.1, 0.15) is 41.2 Å². The summed E-state index contributed by atoms with van der Waals surface area (Å²) in [6.07, 6.45) is 3.19. The molecule has 0 spiro atoms. The van der Waals surface area contributed by atoms with Crippen LogP contribution in [0.5, 0.6) is 0 Å². The van der Waals surface area contributed by atoms with Gasteiger partial charge in [0.2, 0.25) is 0 Å². The van der Waals surface area contributed by atoms with Crippen LogP contribution in [0.3, 0.4) is 0 Å². The van der Waals surface area contributed by atoms with Crippen LogP contribution in [0.25, 0.3) is 10.8 Å². The van der Waals surface area contributed by atoms with Crippen molar-refractivity contribution in [3.63, 3.8) is 0 Å². The van der Waals surface area contributed by atoms with Crippen LogP contribution < -0.4 is 5.73 Å². The summed E-state index contributed by atoms with van der Waals surface area (Å²) in [5.74, 6) is 1.84. The highest BCUT2D eigenvalue weighted by molar-refractivity contribution is 5.93. The first-order valence-electron chi connectivity index (χ1n) is 7.65. The van der Waals surface area contributed by atoms with Gasteiger partial charge in [0.15, 0.2) is 0 Å². The van der Waals surface area contributed by atoms with Crippen LogP contribution in [0.4, 0.5) is 0 Å². The Hall–Kier alpha value is -2.06. The summed E-state index contributed by atoms with van der Waals surface area (Å²) >= 11 is 0. The molecule has 2 aromatic carbocycles. The lowest BCUT2D eigenvalue weighted by molar-refractivity contribution is 0.454. The second kappa shape index (κ2) is 4.74. The average molecular weight is 277 g/mol. The first-order valence-corrected chi connectivity index (χ1v) is 7.65. The molecule has 4 rings (SSSR count). The quantitative estimate of drug-likeness (QED) is 0.781. The number of hydrogen-bond acceptors (Lipinski definition) is 2. The van der Waals surface area contributed by atoms with Crippen molar-refractivity contribution in [3.8, 4) is 0 Å². The minimum atomic E-state index is -0.199. The smallest absolute Gasteiger partial charge is 0.125 e. The van der Waals surface area contributed by atoms with E-state index >= 15 is 0 Å². The van der Waals surface area contributed by atoms with Crippen molar-refractivity contribution in [3.05, 3.63) is 70.7 Å². The number of aryl methyl sites for hydroxylation is 3. The largest absolute Gasteiger partial charge is 0.464 e. The lowest BCUT2D eigenvalue weighted by atomic mass is 9.95. The highest BCUT2D eigenvalue weighted by Gasteiger charge is 2.20. The van der Waals surface area contributed by atoms with Crippen molar-refractivity contribution in [2.24, 2.45) is 5.73 Å². The maximum absolute atomic E-state index is 6.48. The van der Waals surface area contributed by atoms with Crippen molar-refractivity contribution >= 4 is 10.8 Å². The van der Waals surface area contributed by atoms with Gasteiger partial charge < -0.3 is 10.2 Å². The second-order valence-electron chi connectivity index (χ2n) is 5.79. The third kappa shape index (κ3) is 1.90. The SMILES string of the molecule is CCc1ccc(C(N)c2ccc3c4c(cccc24)CC3)o1. The van der Waals surface area contributed by atoms with Gasteiger partial charge in [0, 0.05) is 6.42 Å². The van der Waals surface area contributed by atoms with Gasteiger partial charge in [-0.15, -0.1) is 0 Å². The van der Waals surface area contributed by atoms with Crippen molar-refractivity contribution in [2.75, 3.05) is 0 Å². The Labute approximate surface area is 124 Å². The summed E-state index contributed by atoms with van der Waals surface area (Å²) in [6.45, 7) is 2.09. The third-order valence-electron chi connectivity index (χ3n) is 4.58. The van der Waals surface area contributed by atoms with E-state index in [9.17, 15) is 0 Å². The molecule has 1 atom stereocenters. The monoisotopic (exact) mass is 277 g/mol. The molecule has 2 nitrogen and oxygen atoms in total. The predicted molar refractivity (Wildman–Crippen MR) is 85.5 cm³/mol. The van der Waals surface area contributed by atoms with Crippen LogP contribution in [0.15, 0.2) is 46.9 Å². The molecule has 0 saturated heterocycles. The van der Waals surface area contributed by atoms with Gasteiger partial charge >= 0.3 is 0 Å². The maximum Gasteiger partial charge on any atom is 0.125 e. The molecule has 0 radical (unpaired) electrons. The lowest BCUT2D eigenvalue weighted by Gasteiger charge is -2.14. The summed E-state index contributed by atoms with van der Waals surface area (Å²) in [4.78, 5) is 0. The summed E-state index contributed by atoms with van der Waals surface area (Å²) in [6, 6.07) is 14.8. The van der Waals surface area contributed by atoms with Crippen LogP contribution >= 0.6 is 0 Å². The minimum absolute atomic E-state index is 0.199. The van der Waals surface area contributed by atoms with Gasteiger partial charge in [-0.3, -0.25) is 0 Å². The van der Waals surface area contributed by atoms with E-state index in [-0.39, 0.29) is 6.04 Å². The van der Waals surface area contributed by atoms with Crippen LogP contribution in [0, 0.1) is 0 Å². The molecule has 1 heterocycles. The second-order valence-corrected chi connectivity index (χ2v) is 5.79. The van der Waals surface area contributed by atoms with E-state index in [0.29, 0.717) is 0 Å². The molecule has 0 bridgehead atoms. The molecule has 1 aliphatic rings. The molecule has 0 aliphatic heterocycles. The molecule has 0 saturated carbocycles. The highest BCUT2D eigenvalue weighted by Crippen LogP contribution is 2.36. The highest BCUT2D eigenvalue weighted by atomic mass is 16.3. The van der Waals surface area contributed by atoms with Gasteiger partial charge in [0.1, 0.15) is 11.5 Å². The van der Waals surface area contributed by atoms with Crippen molar-refractivity contribution in [1.29, 1.82) is 0 Å². The summed E-state index contributed by atoms with van der Waals surface area (Å²) in [5, 5.41) is 2.69. The minimum Gasteiger partial charge on any atom is -0.464 e. The van der Waals surface area contributed by atoms with Crippen molar-refractivity contribution < 1.29 is 4.42 Å². The van der Waals surface area contributed by atoms with E-state index in [0.717, 1.165) is 36.3 Å². The van der Waals surface area contributed by atoms with Crippen molar-refractivity contribution in [2.45, 2.75) is 32.2 Å². The van der Waals surface area contributed by atoms with Gasteiger partial charge in [0.25, 0.3) is 0 Å². The zero-order chi connectivity index (χ0) is 14.4. The number of rotatable bonds is 3. The van der Waals surface area contributed by atoms with Crippen LogP contribution in [0.2, 0.25) is 0 Å². The van der Waals surface area contributed by atoms with Crippen molar-refractivity contribution in [1.82, 2.24) is 0 Å². The Morgan fingerprint density at radius 3 is 2.62 bits per heavy atom. The van der Waals surface area contributed by atoms with Gasteiger partial charge in [-0.1, -0.05) is 37.3 Å². The number of benzene rings is 2. The first kappa shape index (κ1) is 12.7. The molecule has 1 aliphatic carbocycles. The fourth-order valence-corrected chi connectivity index (χ4v) is 3.45. The van der Waals surface area contributed by atoms with E-state index in [4.69, 9.17) is 10.2 Å². The van der Waals surface area contributed by atoms with E-state index in [1.807, 2.05) is 12.1 Å². The molecule has 1 aromatic heterocycles. The van der Waals surface area contributed by atoms with Gasteiger partial charge in [-0.05, 0) is 52.4 Å². The number of furan rings is 1. The molecule has 106 valence electrons. The molecular formula is C19H19NO. The molecule has 3 aromatic rings. The Kier molecular flexibility index (Phi) is 2.86. The summed E-state index contributed by atoms with van der Waals surface area (Å²) in [5.41, 5.74) is 10.5. The molecule has 1 unspecified atom stereocenters. The molecule has 21 heavy (non-hydrogen) atoms. The molecule has 0 amide bonds. The molecule has 0 fully saturated rings. The Morgan fingerprint density at radius 1 is 1.05 bits per heavy atom. The fraction of sp³-hybridized carbons (Fsp3) is 0.263. The van der Waals surface area contributed by atoms with Gasteiger partial charge in [-0.2, -0.15) is 0 Å². The van der Waals surface area contributed by atoms with Gasteiger partial charge in [0.05, 0.1) is 6.04 Å². The Morgan fingerprint density at radius 2 is 1.86 bits per heavy atom. The van der Waals surface area contributed by atoms with E-state index in [2.05, 4.69) is 37.3 Å².